The Kier molecular flexibility index (Phi) is 5.54. The summed E-state index contributed by atoms with van der Waals surface area (Å²) in [7, 11) is 0. The van der Waals surface area contributed by atoms with Crippen molar-refractivity contribution in [2.24, 2.45) is 0 Å². The number of nitrogens with zero attached hydrogens (tertiary/aromatic N) is 2. The van der Waals surface area contributed by atoms with Gasteiger partial charge in [0.1, 0.15) is 6.54 Å². The molecular formula is C25H23N3O3. The highest BCUT2D eigenvalue weighted by atomic mass is 16.2. The second-order valence-corrected chi connectivity index (χ2v) is 7.57. The zero-order valence-electron chi connectivity index (χ0n) is 17.4. The minimum atomic E-state index is -0.545. The van der Waals surface area contributed by atoms with Crippen LogP contribution in [0.1, 0.15) is 24.1 Å². The van der Waals surface area contributed by atoms with Gasteiger partial charge in [0.15, 0.2) is 0 Å². The normalized spacial score (nSPS) is 11.9. The van der Waals surface area contributed by atoms with Crippen LogP contribution in [0.2, 0.25) is 0 Å². The van der Waals surface area contributed by atoms with Crippen LogP contribution in [0.5, 0.6) is 0 Å². The maximum Gasteiger partial charge on any atom is 0.336 e. The van der Waals surface area contributed by atoms with Gasteiger partial charge in [-0.1, -0.05) is 54.6 Å². The van der Waals surface area contributed by atoms with Crippen LogP contribution in [0.25, 0.3) is 16.6 Å². The Morgan fingerprint density at radius 1 is 0.935 bits per heavy atom. The summed E-state index contributed by atoms with van der Waals surface area (Å²) in [4.78, 5) is 39.3. The molecular weight excluding hydrogens is 390 g/mol. The third-order valence-electron chi connectivity index (χ3n) is 5.29. The van der Waals surface area contributed by atoms with E-state index < -0.39 is 11.2 Å². The molecule has 1 amide bonds. The van der Waals surface area contributed by atoms with Crippen molar-refractivity contribution in [2.75, 3.05) is 0 Å². The maximum atomic E-state index is 13.4. The van der Waals surface area contributed by atoms with Gasteiger partial charge in [-0.05, 0) is 49.2 Å². The van der Waals surface area contributed by atoms with Gasteiger partial charge in [0.2, 0.25) is 5.91 Å². The summed E-state index contributed by atoms with van der Waals surface area (Å²) in [5.41, 5.74) is 1.87. The molecule has 0 bridgehead atoms. The third kappa shape index (κ3) is 4.05. The molecule has 4 rings (SSSR count). The monoisotopic (exact) mass is 413 g/mol. The Morgan fingerprint density at radius 3 is 2.39 bits per heavy atom. The molecule has 156 valence electrons. The van der Waals surface area contributed by atoms with Crippen LogP contribution in [0.3, 0.4) is 0 Å². The Hall–Kier alpha value is -3.93. The van der Waals surface area contributed by atoms with E-state index in [4.69, 9.17) is 0 Å². The van der Waals surface area contributed by atoms with Crippen LogP contribution in [-0.4, -0.2) is 15.0 Å². The summed E-state index contributed by atoms with van der Waals surface area (Å²) in [5.74, 6) is -0.307. The van der Waals surface area contributed by atoms with Crippen molar-refractivity contribution in [3.05, 3.63) is 111 Å². The zero-order valence-corrected chi connectivity index (χ0v) is 17.4. The number of hydrogen-bond acceptors (Lipinski definition) is 3. The van der Waals surface area contributed by atoms with Gasteiger partial charge in [-0.15, -0.1) is 0 Å². The van der Waals surface area contributed by atoms with E-state index in [1.165, 1.54) is 4.57 Å². The van der Waals surface area contributed by atoms with Crippen molar-refractivity contribution in [1.82, 2.24) is 14.5 Å². The Bertz CT molecular complexity index is 1370. The van der Waals surface area contributed by atoms with Gasteiger partial charge in [-0.2, -0.15) is 0 Å². The first-order valence-electron chi connectivity index (χ1n) is 10.1. The molecule has 0 radical (unpaired) electrons. The lowest BCUT2D eigenvalue weighted by Gasteiger charge is -2.17. The topological polar surface area (TPSA) is 73.1 Å². The summed E-state index contributed by atoms with van der Waals surface area (Å²) in [6.45, 7) is 3.59. The van der Waals surface area contributed by atoms with Crippen LogP contribution in [0.4, 0.5) is 0 Å². The molecule has 6 nitrogen and oxygen atoms in total. The van der Waals surface area contributed by atoms with Gasteiger partial charge < -0.3 is 5.32 Å². The third-order valence-corrected chi connectivity index (χ3v) is 5.29. The quantitative estimate of drug-likeness (QED) is 0.545. The molecule has 6 heteroatoms. The first-order chi connectivity index (χ1) is 15.0. The number of carbonyl (C=O) groups is 1. The van der Waals surface area contributed by atoms with Crippen LogP contribution in [0.15, 0.2) is 88.5 Å². The number of rotatable bonds is 5. The number of fused-ring (bicyclic) bond motifs is 1. The number of aryl methyl sites for hydroxylation is 1. The highest BCUT2D eigenvalue weighted by Gasteiger charge is 2.17. The van der Waals surface area contributed by atoms with Crippen LogP contribution < -0.4 is 16.6 Å². The SMILES string of the molecule is Cc1cccc(-n2c(=O)c3ccccc3n(CC(=O)N[C@H](C)c3ccccc3)c2=O)c1. The lowest BCUT2D eigenvalue weighted by Crippen LogP contribution is -2.42. The number of hydrogen-bond donors (Lipinski definition) is 1. The largest absolute Gasteiger partial charge is 0.348 e. The molecule has 3 aromatic carbocycles. The van der Waals surface area contributed by atoms with E-state index in [0.29, 0.717) is 16.6 Å². The molecule has 1 aromatic heterocycles. The molecule has 4 aromatic rings. The molecule has 0 aliphatic heterocycles. The molecule has 0 aliphatic rings. The highest BCUT2D eigenvalue weighted by Crippen LogP contribution is 2.13. The Morgan fingerprint density at radius 2 is 1.65 bits per heavy atom. The fourth-order valence-electron chi connectivity index (χ4n) is 3.72. The van der Waals surface area contributed by atoms with Crippen LogP contribution in [0, 0.1) is 6.92 Å². The number of nitrogens with one attached hydrogen (secondary N) is 1. The van der Waals surface area contributed by atoms with Gasteiger partial charge in [-0.25, -0.2) is 9.36 Å². The van der Waals surface area contributed by atoms with Gasteiger partial charge in [0.25, 0.3) is 5.56 Å². The van der Waals surface area contributed by atoms with E-state index in [0.717, 1.165) is 15.7 Å². The molecule has 1 heterocycles. The smallest absolute Gasteiger partial charge is 0.336 e. The molecule has 0 aliphatic carbocycles. The predicted octanol–water partition coefficient (Wildman–Crippen LogP) is 3.34. The summed E-state index contributed by atoms with van der Waals surface area (Å²) in [5, 5.41) is 3.32. The first kappa shape index (κ1) is 20.3. The number of carbonyl (C=O) groups excluding carboxylic acids is 1. The molecule has 0 saturated carbocycles. The Balaban J connectivity index is 1.78. The van der Waals surface area contributed by atoms with Gasteiger partial charge >= 0.3 is 5.69 Å². The number of aromatic nitrogens is 2. The van der Waals surface area contributed by atoms with Crippen molar-refractivity contribution >= 4 is 16.8 Å². The van der Waals surface area contributed by atoms with Crippen molar-refractivity contribution in [3.8, 4) is 5.69 Å². The molecule has 0 spiro atoms. The van der Waals surface area contributed by atoms with E-state index >= 15 is 0 Å². The van der Waals surface area contributed by atoms with E-state index in [-0.39, 0.29) is 18.5 Å². The molecule has 0 fully saturated rings. The molecule has 0 saturated heterocycles. The van der Waals surface area contributed by atoms with Crippen molar-refractivity contribution in [2.45, 2.75) is 26.4 Å². The van der Waals surface area contributed by atoms with E-state index in [1.54, 1.807) is 42.5 Å². The maximum absolute atomic E-state index is 13.4. The van der Waals surface area contributed by atoms with E-state index in [9.17, 15) is 14.4 Å². The summed E-state index contributed by atoms with van der Waals surface area (Å²) < 4.78 is 2.48. The number of para-hydroxylation sites is 1. The van der Waals surface area contributed by atoms with Gasteiger partial charge in [-0.3, -0.25) is 14.2 Å². The standard InChI is InChI=1S/C25H23N3O3/c1-17-9-8-12-20(15-17)28-24(30)21-13-6-7-14-22(21)27(25(28)31)16-23(29)26-18(2)19-10-4-3-5-11-19/h3-15,18H,16H2,1-2H3,(H,26,29)/t18-/m1/s1. The average molecular weight is 413 g/mol. The molecule has 0 unspecified atom stereocenters. The van der Waals surface area contributed by atoms with Crippen LogP contribution in [-0.2, 0) is 11.3 Å². The van der Waals surface area contributed by atoms with E-state index in [1.807, 2.05) is 50.2 Å². The lowest BCUT2D eigenvalue weighted by molar-refractivity contribution is -0.122. The van der Waals surface area contributed by atoms with Crippen molar-refractivity contribution in [3.63, 3.8) is 0 Å². The number of amides is 1. The second kappa shape index (κ2) is 8.44. The zero-order chi connectivity index (χ0) is 22.0. The fourth-order valence-corrected chi connectivity index (χ4v) is 3.72. The van der Waals surface area contributed by atoms with Crippen molar-refractivity contribution < 1.29 is 4.79 Å². The van der Waals surface area contributed by atoms with Crippen LogP contribution >= 0.6 is 0 Å². The minimum absolute atomic E-state index is 0.192. The molecule has 31 heavy (non-hydrogen) atoms. The Labute approximate surface area is 179 Å². The minimum Gasteiger partial charge on any atom is -0.348 e. The first-order valence-corrected chi connectivity index (χ1v) is 10.1. The lowest BCUT2D eigenvalue weighted by atomic mass is 10.1. The average Bonchev–Trinajstić information content (AvgIpc) is 2.77. The summed E-state index contributed by atoms with van der Waals surface area (Å²) >= 11 is 0. The summed E-state index contributed by atoms with van der Waals surface area (Å²) in [6.07, 6.45) is 0. The second-order valence-electron chi connectivity index (χ2n) is 7.57. The van der Waals surface area contributed by atoms with Crippen molar-refractivity contribution in [1.29, 1.82) is 0 Å². The summed E-state index contributed by atoms with van der Waals surface area (Å²) in [6, 6.07) is 23.4. The number of benzene rings is 3. The van der Waals surface area contributed by atoms with Gasteiger partial charge in [0.05, 0.1) is 22.6 Å². The molecule has 1 atom stereocenters. The molecule has 1 N–H and O–H groups in total. The van der Waals surface area contributed by atoms with E-state index in [2.05, 4.69) is 5.32 Å². The fraction of sp³-hybridized carbons (Fsp3) is 0.160. The van der Waals surface area contributed by atoms with Gasteiger partial charge in [0, 0.05) is 0 Å². The predicted molar refractivity (Wildman–Crippen MR) is 122 cm³/mol. The highest BCUT2D eigenvalue weighted by molar-refractivity contribution is 5.82.